The Hall–Kier alpha value is -1.49. The van der Waals surface area contributed by atoms with Crippen LogP contribution in [-0.2, 0) is 4.79 Å². The highest BCUT2D eigenvalue weighted by Crippen LogP contribution is 2.47. The van der Waals surface area contributed by atoms with Crippen molar-refractivity contribution in [1.29, 1.82) is 0 Å². The number of nitrogens with one attached hydrogen (secondary N) is 1. The summed E-state index contributed by atoms with van der Waals surface area (Å²) in [5.41, 5.74) is 1.78. The topological polar surface area (TPSA) is 49.4 Å². The first-order valence-electron chi connectivity index (χ1n) is 6.43. The van der Waals surface area contributed by atoms with Crippen molar-refractivity contribution >= 4 is 23.6 Å². The SMILES string of the molecule is CC(C)NC(=O)[C@@H]1CSC2c3ccccc3C(=O)N21. The summed E-state index contributed by atoms with van der Waals surface area (Å²) in [6, 6.07) is 7.38. The van der Waals surface area contributed by atoms with Crippen LogP contribution in [0.1, 0.15) is 35.1 Å². The molecule has 0 aromatic heterocycles. The molecule has 1 saturated heterocycles. The van der Waals surface area contributed by atoms with Gasteiger partial charge in [-0.2, -0.15) is 0 Å². The zero-order valence-electron chi connectivity index (χ0n) is 10.9. The van der Waals surface area contributed by atoms with Gasteiger partial charge in [0.25, 0.3) is 5.91 Å². The standard InChI is InChI=1S/C14H16N2O2S/c1-8(2)15-12(17)11-7-19-14-10-6-4-3-5-9(10)13(18)16(11)14/h3-6,8,11,14H,7H2,1-2H3,(H,15,17)/t11-,14?/m0/s1. The van der Waals surface area contributed by atoms with Gasteiger partial charge in [-0.25, -0.2) is 0 Å². The molecule has 5 heteroatoms. The monoisotopic (exact) mass is 276 g/mol. The summed E-state index contributed by atoms with van der Waals surface area (Å²) >= 11 is 1.67. The minimum absolute atomic E-state index is 0.00612. The molecular weight excluding hydrogens is 260 g/mol. The van der Waals surface area contributed by atoms with Crippen LogP contribution in [0.2, 0.25) is 0 Å². The first-order chi connectivity index (χ1) is 9.09. The third kappa shape index (κ3) is 1.92. The highest BCUT2D eigenvalue weighted by molar-refractivity contribution is 7.99. The number of amides is 2. The predicted octanol–water partition coefficient (Wildman–Crippen LogP) is 1.78. The van der Waals surface area contributed by atoms with Crippen molar-refractivity contribution in [3.8, 4) is 0 Å². The fraction of sp³-hybridized carbons (Fsp3) is 0.429. The molecule has 19 heavy (non-hydrogen) atoms. The number of carbonyl (C=O) groups is 2. The molecule has 0 bridgehead atoms. The van der Waals surface area contributed by atoms with Crippen molar-refractivity contribution in [3.05, 3.63) is 35.4 Å². The minimum Gasteiger partial charge on any atom is -0.352 e. The van der Waals surface area contributed by atoms with E-state index in [0.29, 0.717) is 5.75 Å². The van der Waals surface area contributed by atoms with Gasteiger partial charge in [-0.3, -0.25) is 9.59 Å². The summed E-state index contributed by atoms with van der Waals surface area (Å²) in [6.07, 6.45) is 0. The van der Waals surface area contributed by atoms with Gasteiger partial charge in [0.2, 0.25) is 5.91 Å². The molecular formula is C14H16N2O2S. The van der Waals surface area contributed by atoms with Gasteiger partial charge >= 0.3 is 0 Å². The van der Waals surface area contributed by atoms with Crippen LogP contribution in [-0.4, -0.2) is 34.6 Å². The maximum Gasteiger partial charge on any atom is 0.256 e. The van der Waals surface area contributed by atoms with Gasteiger partial charge < -0.3 is 10.2 Å². The Morgan fingerprint density at radius 2 is 2.16 bits per heavy atom. The van der Waals surface area contributed by atoms with E-state index in [4.69, 9.17) is 0 Å². The molecule has 2 aliphatic rings. The Bertz CT molecular complexity index is 544. The number of thioether (sulfide) groups is 1. The van der Waals surface area contributed by atoms with Gasteiger partial charge in [-0.05, 0) is 25.5 Å². The highest BCUT2D eigenvalue weighted by atomic mass is 32.2. The maximum atomic E-state index is 12.4. The highest BCUT2D eigenvalue weighted by Gasteiger charge is 2.48. The number of fused-ring (bicyclic) bond motifs is 3. The molecule has 1 aromatic carbocycles. The lowest BCUT2D eigenvalue weighted by Gasteiger charge is -2.23. The fourth-order valence-corrected chi connectivity index (χ4v) is 4.09. The molecule has 0 spiro atoms. The summed E-state index contributed by atoms with van der Waals surface area (Å²) in [7, 11) is 0. The number of hydrogen-bond donors (Lipinski definition) is 1. The molecule has 100 valence electrons. The van der Waals surface area contributed by atoms with E-state index >= 15 is 0 Å². The van der Waals surface area contributed by atoms with Gasteiger partial charge in [0, 0.05) is 17.4 Å². The number of hydrogen-bond acceptors (Lipinski definition) is 3. The predicted molar refractivity (Wildman–Crippen MR) is 74.9 cm³/mol. The van der Waals surface area contributed by atoms with E-state index in [1.165, 1.54) is 0 Å². The molecule has 2 aliphatic heterocycles. The smallest absolute Gasteiger partial charge is 0.256 e. The van der Waals surface area contributed by atoms with Crippen LogP contribution in [0.4, 0.5) is 0 Å². The van der Waals surface area contributed by atoms with E-state index < -0.39 is 0 Å². The summed E-state index contributed by atoms with van der Waals surface area (Å²) < 4.78 is 0. The lowest BCUT2D eigenvalue weighted by molar-refractivity contribution is -0.125. The van der Waals surface area contributed by atoms with Crippen LogP contribution >= 0.6 is 11.8 Å². The second-order valence-corrected chi connectivity index (χ2v) is 6.28. The van der Waals surface area contributed by atoms with Crippen molar-refractivity contribution in [2.24, 2.45) is 0 Å². The molecule has 2 heterocycles. The molecule has 2 atom stereocenters. The largest absolute Gasteiger partial charge is 0.352 e. The number of benzene rings is 1. The number of rotatable bonds is 2. The average Bonchev–Trinajstić information content (AvgIpc) is 2.91. The van der Waals surface area contributed by atoms with E-state index in [2.05, 4.69) is 5.32 Å². The maximum absolute atomic E-state index is 12.4. The van der Waals surface area contributed by atoms with Crippen molar-refractivity contribution < 1.29 is 9.59 Å². The number of carbonyl (C=O) groups excluding carboxylic acids is 2. The number of nitrogens with zero attached hydrogens (tertiary/aromatic N) is 1. The quantitative estimate of drug-likeness (QED) is 0.896. The van der Waals surface area contributed by atoms with Gasteiger partial charge in [0.05, 0.1) is 0 Å². The van der Waals surface area contributed by atoms with E-state index in [9.17, 15) is 9.59 Å². The molecule has 1 aromatic rings. The lowest BCUT2D eigenvalue weighted by atomic mass is 10.1. The molecule has 1 unspecified atom stereocenters. The van der Waals surface area contributed by atoms with Gasteiger partial charge in [-0.1, -0.05) is 18.2 Å². The van der Waals surface area contributed by atoms with E-state index in [1.54, 1.807) is 16.7 Å². The van der Waals surface area contributed by atoms with Gasteiger partial charge in [-0.15, -0.1) is 11.8 Å². The van der Waals surface area contributed by atoms with Crippen molar-refractivity contribution in [3.63, 3.8) is 0 Å². The molecule has 0 aliphatic carbocycles. The third-order valence-corrected chi connectivity index (χ3v) is 4.73. The summed E-state index contributed by atoms with van der Waals surface area (Å²) in [5.74, 6) is 0.601. The van der Waals surface area contributed by atoms with Crippen molar-refractivity contribution in [1.82, 2.24) is 10.2 Å². The van der Waals surface area contributed by atoms with Crippen molar-refractivity contribution in [2.75, 3.05) is 5.75 Å². The Morgan fingerprint density at radius 3 is 2.89 bits per heavy atom. The average molecular weight is 276 g/mol. The molecule has 0 radical (unpaired) electrons. The molecule has 0 saturated carbocycles. The minimum atomic E-state index is -0.350. The van der Waals surface area contributed by atoms with Crippen LogP contribution in [0.25, 0.3) is 0 Å². The van der Waals surface area contributed by atoms with E-state index in [1.807, 2.05) is 38.1 Å². The Balaban J connectivity index is 1.89. The third-order valence-electron chi connectivity index (χ3n) is 3.43. The molecule has 1 N–H and O–H groups in total. The molecule has 3 rings (SSSR count). The van der Waals surface area contributed by atoms with Crippen LogP contribution in [0.3, 0.4) is 0 Å². The first kappa shape index (κ1) is 12.5. The summed E-state index contributed by atoms with van der Waals surface area (Å²) in [5, 5.41) is 2.90. The normalized spacial score (nSPS) is 24.6. The molecule has 1 fully saturated rings. The lowest BCUT2D eigenvalue weighted by Crippen LogP contribution is -2.47. The molecule has 2 amide bonds. The Morgan fingerprint density at radius 1 is 1.42 bits per heavy atom. The van der Waals surface area contributed by atoms with E-state index in [-0.39, 0.29) is 29.3 Å². The molecule has 4 nitrogen and oxygen atoms in total. The van der Waals surface area contributed by atoms with Gasteiger partial charge in [0.1, 0.15) is 11.4 Å². The fourth-order valence-electron chi connectivity index (χ4n) is 2.62. The second kappa shape index (κ2) is 4.56. The second-order valence-electron chi connectivity index (χ2n) is 5.16. The van der Waals surface area contributed by atoms with Gasteiger partial charge in [0.15, 0.2) is 0 Å². The summed E-state index contributed by atoms with van der Waals surface area (Å²) in [6.45, 7) is 3.86. The first-order valence-corrected chi connectivity index (χ1v) is 7.48. The van der Waals surface area contributed by atoms with Crippen LogP contribution in [0, 0.1) is 0 Å². The van der Waals surface area contributed by atoms with Crippen molar-refractivity contribution in [2.45, 2.75) is 31.3 Å². The van der Waals surface area contributed by atoms with Crippen LogP contribution in [0.15, 0.2) is 24.3 Å². The zero-order valence-corrected chi connectivity index (χ0v) is 11.7. The summed E-state index contributed by atoms with van der Waals surface area (Å²) in [4.78, 5) is 26.3. The Labute approximate surface area is 116 Å². The van der Waals surface area contributed by atoms with E-state index in [0.717, 1.165) is 11.1 Å². The van der Waals surface area contributed by atoms with Crippen LogP contribution in [0.5, 0.6) is 0 Å². The van der Waals surface area contributed by atoms with Crippen LogP contribution < -0.4 is 5.32 Å². The zero-order chi connectivity index (χ0) is 13.6. The Kier molecular flexibility index (Phi) is 3.01.